The molecule has 0 radical (unpaired) electrons. The Morgan fingerprint density at radius 2 is 2.10 bits per heavy atom. The van der Waals surface area contributed by atoms with E-state index in [9.17, 15) is 9.59 Å². The van der Waals surface area contributed by atoms with Gasteiger partial charge >= 0.3 is 5.97 Å². The smallest absolute Gasteiger partial charge is 0.337 e. The number of methoxy groups -OCH3 is 1. The molecule has 2 aromatic carbocycles. The molecule has 0 saturated carbocycles. The number of nitrogens with zero attached hydrogens (tertiary/aromatic N) is 1. The second-order valence-electron chi connectivity index (χ2n) is 6.32. The van der Waals surface area contributed by atoms with Crippen LogP contribution in [0.5, 0.6) is 5.75 Å². The molecule has 0 amide bonds. The number of carbonyl (C=O) groups is 1. The summed E-state index contributed by atoms with van der Waals surface area (Å²) < 4.78 is 10.4. The number of fused-ring (bicyclic) bond motifs is 2. The second-order valence-corrected chi connectivity index (χ2v) is 7.16. The van der Waals surface area contributed by atoms with Crippen molar-refractivity contribution in [3.05, 3.63) is 80.4 Å². The third-order valence-electron chi connectivity index (χ3n) is 4.37. The predicted octanol–water partition coefficient (Wildman–Crippen LogP) is 4.42. The molecule has 1 aromatic heterocycles. The summed E-state index contributed by atoms with van der Waals surface area (Å²) in [5.41, 5.74) is 1.89. The van der Waals surface area contributed by atoms with Gasteiger partial charge in [0.1, 0.15) is 12.4 Å². The van der Waals surface area contributed by atoms with Gasteiger partial charge in [-0.25, -0.2) is 9.78 Å². The first-order chi connectivity index (χ1) is 13.9. The van der Waals surface area contributed by atoms with Crippen molar-refractivity contribution in [1.82, 2.24) is 9.97 Å². The number of hydrogen-bond donors (Lipinski definition) is 1. The Kier molecular flexibility index (Phi) is 5.13. The predicted molar refractivity (Wildman–Crippen MR) is 112 cm³/mol. The zero-order chi connectivity index (χ0) is 20.5. The molecular formula is C21H14Cl2N2O4. The zero-order valence-corrected chi connectivity index (χ0v) is 16.7. The van der Waals surface area contributed by atoms with Crippen molar-refractivity contribution in [3.8, 4) is 5.75 Å². The van der Waals surface area contributed by atoms with Crippen LogP contribution >= 0.6 is 23.2 Å². The third kappa shape index (κ3) is 3.90. The summed E-state index contributed by atoms with van der Waals surface area (Å²) in [6, 6.07) is 9.88. The number of rotatable bonds is 3. The summed E-state index contributed by atoms with van der Waals surface area (Å²) in [5, 5.41) is 1.17. The molecule has 0 atom stereocenters. The minimum absolute atomic E-state index is 0.184. The maximum absolute atomic E-state index is 12.4. The third-order valence-corrected chi connectivity index (χ3v) is 4.90. The van der Waals surface area contributed by atoms with E-state index in [1.54, 1.807) is 24.3 Å². The number of aromatic amines is 1. The van der Waals surface area contributed by atoms with Crippen LogP contribution in [0.15, 0.2) is 52.8 Å². The van der Waals surface area contributed by atoms with Gasteiger partial charge in [-0.2, -0.15) is 0 Å². The minimum Gasteiger partial charge on any atom is -0.488 e. The van der Waals surface area contributed by atoms with Crippen LogP contribution in [0.1, 0.15) is 21.7 Å². The van der Waals surface area contributed by atoms with Crippen LogP contribution in [0.4, 0.5) is 0 Å². The van der Waals surface area contributed by atoms with E-state index in [2.05, 4.69) is 9.97 Å². The molecule has 29 heavy (non-hydrogen) atoms. The van der Waals surface area contributed by atoms with Crippen molar-refractivity contribution < 1.29 is 14.3 Å². The summed E-state index contributed by atoms with van der Waals surface area (Å²) in [6.45, 7) is 0.315. The lowest BCUT2D eigenvalue weighted by atomic mass is 10.1. The molecule has 0 saturated heterocycles. The van der Waals surface area contributed by atoms with E-state index in [1.165, 1.54) is 25.3 Å². The highest BCUT2D eigenvalue weighted by atomic mass is 35.5. The van der Waals surface area contributed by atoms with Crippen molar-refractivity contribution >= 4 is 51.2 Å². The number of halogens is 2. The van der Waals surface area contributed by atoms with E-state index in [0.29, 0.717) is 28.1 Å². The van der Waals surface area contributed by atoms with E-state index in [4.69, 9.17) is 32.7 Å². The number of carbonyl (C=O) groups excluding carboxylic acids is 1. The normalized spacial score (nSPS) is 13.5. The van der Waals surface area contributed by atoms with Gasteiger partial charge in [-0.1, -0.05) is 23.2 Å². The summed E-state index contributed by atoms with van der Waals surface area (Å²) in [4.78, 5) is 31.2. The monoisotopic (exact) mass is 428 g/mol. The van der Waals surface area contributed by atoms with Gasteiger partial charge in [-0.15, -0.1) is 0 Å². The van der Waals surface area contributed by atoms with Gasteiger partial charge in [0.25, 0.3) is 5.56 Å². The molecule has 1 N–H and O–H groups in total. The quantitative estimate of drug-likeness (QED) is 0.624. The highest BCUT2D eigenvalue weighted by molar-refractivity contribution is 6.48. The first kappa shape index (κ1) is 19.2. The molecule has 0 fully saturated rings. The molecule has 1 aliphatic heterocycles. The molecule has 4 rings (SSSR count). The standard InChI is InChI=1S/C21H14Cl2N2O4/c1-28-21(27)12-2-4-15-17(9-12)24-19(25-20(15)26)16(23)7-11-6-13-8-14(22)3-5-18(13)29-10-11/h2-9H,10H2,1H3,(H,24,25,26). The largest absolute Gasteiger partial charge is 0.488 e. The molecule has 146 valence electrons. The molecule has 0 spiro atoms. The van der Waals surface area contributed by atoms with Gasteiger partial charge in [0.15, 0.2) is 5.82 Å². The van der Waals surface area contributed by atoms with E-state index in [-0.39, 0.29) is 16.4 Å². The summed E-state index contributed by atoms with van der Waals surface area (Å²) >= 11 is 12.4. The fraction of sp³-hybridized carbons (Fsp3) is 0.0952. The van der Waals surface area contributed by atoms with Gasteiger partial charge in [-0.3, -0.25) is 4.79 Å². The molecule has 1 aliphatic rings. The van der Waals surface area contributed by atoms with Gasteiger partial charge in [0.2, 0.25) is 0 Å². The van der Waals surface area contributed by atoms with Crippen molar-refractivity contribution in [2.45, 2.75) is 0 Å². The topological polar surface area (TPSA) is 81.3 Å². The van der Waals surface area contributed by atoms with Gasteiger partial charge in [-0.05, 0) is 54.1 Å². The Morgan fingerprint density at radius 3 is 2.90 bits per heavy atom. The lowest BCUT2D eigenvalue weighted by Gasteiger charge is -2.16. The lowest BCUT2D eigenvalue weighted by Crippen LogP contribution is -2.12. The molecule has 0 unspecified atom stereocenters. The molecule has 8 heteroatoms. The highest BCUT2D eigenvalue weighted by Gasteiger charge is 2.14. The summed E-state index contributed by atoms with van der Waals surface area (Å²) in [7, 11) is 1.29. The van der Waals surface area contributed by atoms with Gasteiger partial charge in [0.05, 0.1) is 28.6 Å². The Balaban J connectivity index is 1.74. The average molecular weight is 429 g/mol. The van der Waals surface area contributed by atoms with Crippen molar-refractivity contribution in [3.63, 3.8) is 0 Å². The molecule has 0 aliphatic carbocycles. The molecule has 2 heterocycles. The maximum atomic E-state index is 12.4. The summed E-state index contributed by atoms with van der Waals surface area (Å²) in [5.74, 6) is 0.401. The fourth-order valence-corrected chi connectivity index (χ4v) is 3.39. The van der Waals surface area contributed by atoms with E-state index < -0.39 is 5.97 Å². The van der Waals surface area contributed by atoms with Gasteiger partial charge in [0, 0.05) is 10.6 Å². The van der Waals surface area contributed by atoms with Crippen molar-refractivity contribution in [1.29, 1.82) is 0 Å². The van der Waals surface area contributed by atoms with Crippen LogP contribution in [-0.4, -0.2) is 29.7 Å². The Bertz CT molecular complexity index is 1260. The molecule has 0 bridgehead atoms. The van der Waals surface area contributed by atoms with Crippen LogP contribution in [0.25, 0.3) is 22.0 Å². The highest BCUT2D eigenvalue weighted by Crippen LogP contribution is 2.30. The Morgan fingerprint density at radius 1 is 1.28 bits per heavy atom. The Hall–Kier alpha value is -3.09. The number of nitrogens with one attached hydrogen (secondary N) is 1. The van der Waals surface area contributed by atoms with E-state index in [1.807, 2.05) is 6.08 Å². The fourth-order valence-electron chi connectivity index (χ4n) is 2.98. The molecule has 6 nitrogen and oxygen atoms in total. The van der Waals surface area contributed by atoms with Crippen LogP contribution in [0.2, 0.25) is 5.02 Å². The molecule has 3 aromatic rings. The number of benzene rings is 2. The van der Waals surface area contributed by atoms with Crippen molar-refractivity contribution in [2.75, 3.05) is 13.7 Å². The number of hydrogen-bond acceptors (Lipinski definition) is 5. The first-order valence-electron chi connectivity index (χ1n) is 8.57. The van der Waals surface area contributed by atoms with Crippen LogP contribution in [0, 0.1) is 0 Å². The van der Waals surface area contributed by atoms with Crippen LogP contribution in [-0.2, 0) is 4.74 Å². The number of ether oxygens (including phenoxy) is 2. The number of H-pyrrole nitrogens is 1. The number of aromatic nitrogens is 2. The average Bonchev–Trinajstić information content (AvgIpc) is 2.72. The second kappa shape index (κ2) is 7.73. The van der Waals surface area contributed by atoms with Crippen molar-refractivity contribution in [2.24, 2.45) is 0 Å². The van der Waals surface area contributed by atoms with E-state index >= 15 is 0 Å². The first-order valence-corrected chi connectivity index (χ1v) is 9.33. The SMILES string of the molecule is COC(=O)c1ccc2c(=O)[nH]c(C(Cl)=CC3=Cc4cc(Cl)ccc4OC3)nc2c1. The maximum Gasteiger partial charge on any atom is 0.337 e. The zero-order valence-electron chi connectivity index (χ0n) is 15.2. The summed E-state index contributed by atoms with van der Waals surface area (Å²) in [6.07, 6.45) is 3.57. The minimum atomic E-state index is -0.515. The Labute approximate surface area is 175 Å². The number of esters is 1. The lowest BCUT2D eigenvalue weighted by molar-refractivity contribution is 0.0601. The van der Waals surface area contributed by atoms with Crippen LogP contribution in [0.3, 0.4) is 0 Å². The van der Waals surface area contributed by atoms with E-state index in [0.717, 1.165) is 16.9 Å². The molecular weight excluding hydrogens is 415 g/mol. The van der Waals surface area contributed by atoms with Gasteiger partial charge < -0.3 is 14.5 Å². The van der Waals surface area contributed by atoms with Crippen LogP contribution < -0.4 is 10.3 Å².